The van der Waals surface area contributed by atoms with Crippen molar-refractivity contribution in [3.8, 4) is 10.4 Å². The van der Waals surface area contributed by atoms with Crippen molar-refractivity contribution in [2.75, 3.05) is 18.0 Å². The number of carboxylic acids is 1. The first-order valence-corrected chi connectivity index (χ1v) is 15.2. The van der Waals surface area contributed by atoms with E-state index in [1.165, 1.54) is 45.6 Å². The highest BCUT2D eigenvalue weighted by atomic mass is 32.1. The van der Waals surface area contributed by atoms with E-state index in [0.29, 0.717) is 16.0 Å². The second-order valence-electron chi connectivity index (χ2n) is 12.0. The number of fused-ring (bicyclic) bond motifs is 2. The van der Waals surface area contributed by atoms with E-state index in [1.807, 2.05) is 36.4 Å². The van der Waals surface area contributed by atoms with Crippen molar-refractivity contribution in [2.24, 2.45) is 0 Å². The Bertz CT molecular complexity index is 1870. The smallest absolute Gasteiger partial charge is 0.345 e. The van der Waals surface area contributed by atoms with Gasteiger partial charge in [-0.25, -0.2) is 9.64 Å². The van der Waals surface area contributed by atoms with Crippen LogP contribution in [0, 0.1) is 6.57 Å². The molecule has 6 nitrogen and oxygen atoms in total. The van der Waals surface area contributed by atoms with Crippen LogP contribution < -0.4 is 10.5 Å². The van der Waals surface area contributed by atoms with E-state index < -0.39 is 5.97 Å². The molecule has 0 spiro atoms. The van der Waals surface area contributed by atoms with Gasteiger partial charge in [0.1, 0.15) is 5.58 Å². The number of carbonyl (C=O) groups is 1. The first kappa shape index (κ1) is 27.3. The molecular weight excluding hydrogens is 553 g/mol. The maximum atomic E-state index is 13.4. The zero-order valence-corrected chi connectivity index (χ0v) is 25.0. The number of anilines is 1. The van der Waals surface area contributed by atoms with Crippen LogP contribution in [-0.4, -0.2) is 24.2 Å². The largest absolute Gasteiger partial charge is 0.486 e. The molecule has 0 aliphatic carbocycles. The van der Waals surface area contributed by atoms with Crippen LogP contribution in [-0.2, 0) is 15.6 Å². The first-order chi connectivity index (χ1) is 19.5. The predicted molar refractivity (Wildman–Crippen MR) is 169 cm³/mol. The average molecular weight is 583 g/mol. The lowest BCUT2D eigenvalue weighted by Gasteiger charge is -2.48. The van der Waals surface area contributed by atoms with E-state index in [1.54, 1.807) is 6.07 Å². The number of hydrogen-bond acceptors (Lipinski definition) is 6. The summed E-state index contributed by atoms with van der Waals surface area (Å²) in [6.45, 7) is 18.2. The molecule has 3 aromatic heterocycles. The van der Waals surface area contributed by atoms with E-state index in [4.69, 9.17) is 16.1 Å². The fraction of sp³-hybridized carbons (Fsp3) is 0.303. The zero-order chi connectivity index (χ0) is 29.1. The lowest BCUT2D eigenvalue weighted by Crippen LogP contribution is -2.44. The maximum Gasteiger partial charge on any atom is 0.345 e. The van der Waals surface area contributed by atoms with Gasteiger partial charge < -0.3 is 14.4 Å². The minimum absolute atomic E-state index is 0.0437. The molecule has 0 bridgehead atoms. The molecule has 1 N–H and O–H groups in total. The molecule has 4 aromatic rings. The Kier molecular flexibility index (Phi) is 6.55. The van der Waals surface area contributed by atoms with Gasteiger partial charge in [0.25, 0.3) is 5.70 Å². The molecule has 0 saturated heterocycles. The topological polar surface area (TPSA) is 75.1 Å². The van der Waals surface area contributed by atoms with Crippen LogP contribution in [0.1, 0.15) is 66.3 Å². The van der Waals surface area contributed by atoms with E-state index >= 15 is 0 Å². The Labute approximate surface area is 246 Å². The number of rotatable bonds is 5. The highest BCUT2D eigenvalue weighted by molar-refractivity contribution is 7.16. The minimum Gasteiger partial charge on any atom is -0.486 e. The number of carboxylic acid groups (broad SMARTS) is 1. The fourth-order valence-corrected chi connectivity index (χ4v) is 7.65. The van der Waals surface area contributed by atoms with E-state index in [0.717, 1.165) is 45.9 Å². The third-order valence-corrected chi connectivity index (χ3v) is 10.4. The van der Waals surface area contributed by atoms with Gasteiger partial charge >= 0.3 is 11.6 Å². The third kappa shape index (κ3) is 4.83. The number of aliphatic carboxylic acids is 1. The summed E-state index contributed by atoms with van der Waals surface area (Å²) in [4.78, 5) is 33.5. The molecule has 0 amide bonds. The van der Waals surface area contributed by atoms with Crippen LogP contribution in [0.5, 0.6) is 0 Å². The summed E-state index contributed by atoms with van der Waals surface area (Å²) in [5.74, 6) is -1.23. The Morgan fingerprint density at radius 1 is 1.00 bits per heavy atom. The van der Waals surface area contributed by atoms with Gasteiger partial charge in [-0.1, -0.05) is 27.7 Å². The normalized spacial score (nSPS) is 17.5. The van der Waals surface area contributed by atoms with Gasteiger partial charge in [-0.2, -0.15) is 0 Å². The summed E-state index contributed by atoms with van der Waals surface area (Å²) in [7, 11) is 0. The average Bonchev–Trinajstić information content (AvgIpc) is 3.58. The van der Waals surface area contributed by atoms with Crippen molar-refractivity contribution in [1.82, 2.24) is 0 Å². The van der Waals surface area contributed by atoms with Gasteiger partial charge in [0.15, 0.2) is 0 Å². The molecule has 1 aromatic carbocycles. The van der Waals surface area contributed by atoms with Crippen molar-refractivity contribution in [1.29, 1.82) is 0 Å². The fourth-order valence-electron chi connectivity index (χ4n) is 5.89. The molecule has 208 valence electrons. The molecule has 0 fully saturated rings. The molecule has 5 heterocycles. The molecule has 2 aliphatic rings. The summed E-state index contributed by atoms with van der Waals surface area (Å²) >= 11 is 2.93. The highest BCUT2D eigenvalue weighted by Crippen LogP contribution is 2.51. The van der Waals surface area contributed by atoms with Gasteiger partial charge in [-0.3, -0.25) is 4.79 Å². The van der Waals surface area contributed by atoms with Crippen LogP contribution in [0.15, 0.2) is 51.3 Å². The summed E-state index contributed by atoms with van der Waals surface area (Å²) in [6, 6.07) is 11.9. The number of nitrogens with zero attached hydrogens (tertiary/aromatic N) is 2. The SMILES string of the molecule is [C-]#[N+]/C(=C\c1ccc(/C=C/c2ccc(-c3cc4cc5c6c(c4oc3=O)C(C)(C)CCN6CCC5(C)C)s2)s1)C(=O)O. The van der Waals surface area contributed by atoms with E-state index in [2.05, 4.69) is 43.5 Å². The lowest BCUT2D eigenvalue weighted by molar-refractivity contribution is -0.132. The minimum atomic E-state index is -1.23. The van der Waals surface area contributed by atoms with Crippen LogP contribution in [0.3, 0.4) is 0 Å². The van der Waals surface area contributed by atoms with Crippen molar-refractivity contribution in [3.05, 3.63) is 89.7 Å². The zero-order valence-electron chi connectivity index (χ0n) is 23.4. The van der Waals surface area contributed by atoms with Crippen molar-refractivity contribution in [2.45, 2.75) is 51.4 Å². The molecule has 8 heteroatoms. The molecule has 6 rings (SSSR count). The molecule has 0 unspecified atom stereocenters. The van der Waals surface area contributed by atoms with Crippen LogP contribution in [0.25, 0.3) is 44.5 Å². The number of benzene rings is 1. The van der Waals surface area contributed by atoms with E-state index in [-0.39, 0.29) is 22.2 Å². The van der Waals surface area contributed by atoms with Gasteiger partial charge in [0.05, 0.1) is 12.1 Å². The second kappa shape index (κ2) is 9.86. The summed E-state index contributed by atoms with van der Waals surface area (Å²) in [6.07, 6.45) is 7.42. The monoisotopic (exact) mass is 582 g/mol. The predicted octanol–water partition coefficient (Wildman–Crippen LogP) is 8.27. The van der Waals surface area contributed by atoms with Crippen LogP contribution in [0.2, 0.25) is 0 Å². The molecule has 2 aliphatic heterocycles. The molecule has 0 atom stereocenters. The van der Waals surface area contributed by atoms with Crippen molar-refractivity contribution in [3.63, 3.8) is 0 Å². The number of thiophene rings is 2. The first-order valence-electron chi connectivity index (χ1n) is 13.6. The third-order valence-electron chi connectivity index (χ3n) is 8.30. The summed E-state index contributed by atoms with van der Waals surface area (Å²) in [5, 5.41) is 10.1. The van der Waals surface area contributed by atoms with Gasteiger partial charge in [0.2, 0.25) is 0 Å². The Morgan fingerprint density at radius 2 is 1.66 bits per heavy atom. The van der Waals surface area contributed by atoms with Crippen molar-refractivity contribution >= 4 is 63.5 Å². The lowest BCUT2D eigenvalue weighted by atomic mass is 9.69. The standard InChI is InChI=1S/C33H30N2O4S2/c1-32(2)12-14-35-15-13-33(3,4)27-28(35)24(32)17-19-16-23(31(38)39-29(19)27)26-11-10-21(41-26)7-6-20-8-9-22(40-20)18-25(34-5)30(36)37/h6-11,16-18H,12-15H2,1-4H3,(H,36,37)/b7-6+,25-18-. The van der Waals surface area contributed by atoms with Crippen LogP contribution >= 0.6 is 22.7 Å². The maximum absolute atomic E-state index is 13.4. The summed E-state index contributed by atoms with van der Waals surface area (Å²) < 4.78 is 6.16. The molecular formula is C33H30N2O4S2. The Hall–Kier alpha value is -3.93. The van der Waals surface area contributed by atoms with Gasteiger partial charge in [0, 0.05) is 49.2 Å². The summed E-state index contributed by atoms with van der Waals surface area (Å²) in [5.41, 5.74) is 4.38. The quantitative estimate of drug-likeness (QED) is 0.146. The van der Waals surface area contributed by atoms with Gasteiger partial charge in [-0.05, 0) is 83.9 Å². The molecule has 0 saturated carbocycles. The van der Waals surface area contributed by atoms with Crippen LogP contribution in [0.4, 0.5) is 5.69 Å². The highest BCUT2D eigenvalue weighted by Gasteiger charge is 2.42. The molecule has 0 radical (unpaired) electrons. The Morgan fingerprint density at radius 3 is 2.37 bits per heavy atom. The van der Waals surface area contributed by atoms with E-state index in [9.17, 15) is 9.59 Å². The Balaban J connectivity index is 1.36. The number of hydrogen-bond donors (Lipinski definition) is 1. The van der Waals surface area contributed by atoms with Crippen molar-refractivity contribution < 1.29 is 14.3 Å². The molecule has 41 heavy (non-hydrogen) atoms. The second-order valence-corrected chi connectivity index (χ2v) is 14.3. The van der Waals surface area contributed by atoms with Gasteiger partial charge in [-0.15, -0.1) is 22.7 Å².